The number of aliphatic hydroxyl groups is 1. The molecule has 1 fully saturated rings. The van der Waals surface area contributed by atoms with E-state index in [0.717, 1.165) is 0 Å². The van der Waals surface area contributed by atoms with Gasteiger partial charge >= 0.3 is 12.0 Å². The molecule has 0 aromatic rings. The van der Waals surface area contributed by atoms with Crippen LogP contribution in [0, 0.1) is 5.92 Å². The topological polar surface area (TPSA) is 90.3 Å². The molecule has 0 spiro atoms. The minimum atomic E-state index is -0.868. The fourth-order valence-electron chi connectivity index (χ4n) is 2.02. The minimum Gasteiger partial charge on any atom is -0.481 e. The maximum Gasteiger partial charge on any atom is 0.319 e. The summed E-state index contributed by atoms with van der Waals surface area (Å²) in [4.78, 5) is 25.6. The number of aliphatic hydroxyl groups excluding tert-OH is 1. The molecular formula is C11H20N2O5. The maximum absolute atomic E-state index is 12.0. The standard InChI is InChI=1S/C11H20N2O5/c1-12(6-9(14)7-18-2)11(17)13-4-3-8(5-13)10(15)16/h8-9,14H,3-7H2,1-2H3,(H,15,16). The maximum atomic E-state index is 12.0. The van der Waals surface area contributed by atoms with E-state index in [0.29, 0.717) is 13.0 Å². The van der Waals surface area contributed by atoms with E-state index in [1.54, 1.807) is 7.05 Å². The minimum absolute atomic E-state index is 0.162. The molecule has 2 amide bonds. The Morgan fingerprint density at radius 3 is 2.72 bits per heavy atom. The lowest BCUT2D eigenvalue weighted by Gasteiger charge is -2.26. The van der Waals surface area contributed by atoms with Crippen LogP contribution in [0.1, 0.15) is 6.42 Å². The number of aliphatic carboxylic acids is 1. The molecule has 1 heterocycles. The lowest BCUT2D eigenvalue weighted by atomic mass is 10.1. The fourth-order valence-corrected chi connectivity index (χ4v) is 2.02. The van der Waals surface area contributed by atoms with Gasteiger partial charge in [0.05, 0.1) is 25.2 Å². The zero-order valence-corrected chi connectivity index (χ0v) is 10.7. The SMILES string of the molecule is COCC(O)CN(C)C(=O)N1CCC(C(=O)O)C1. The molecule has 7 nitrogen and oxygen atoms in total. The largest absolute Gasteiger partial charge is 0.481 e. The van der Waals surface area contributed by atoms with Crippen LogP contribution in [0.4, 0.5) is 4.79 Å². The number of ether oxygens (including phenoxy) is 1. The summed E-state index contributed by atoms with van der Waals surface area (Å²) in [7, 11) is 3.05. The van der Waals surface area contributed by atoms with E-state index in [9.17, 15) is 14.7 Å². The van der Waals surface area contributed by atoms with Crippen LogP contribution < -0.4 is 0 Å². The van der Waals surface area contributed by atoms with Crippen molar-refractivity contribution in [3.8, 4) is 0 Å². The van der Waals surface area contributed by atoms with Crippen LogP contribution in [0.3, 0.4) is 0 Å². The monoisotopic (exact) mass is 260 g/mol. The number of carbonyl (C=O) groups is 2. The smallest absolute Gasteiger partial charge is 0.319 e. The summed E-state index contributed by atoms with van der Waals surface area (Å²) in [5.41, 5.74) is 0. The van der Waals surface area contributed by atoms with Gasteiger partial charge in [0.15, 0.2) is 0 Å². The second-order valence-corrected chi connectivity index (χ2v) is 4.54. The van der Waals surface area contributed by atoms with E-state index in [4.69, 9.17) is 9.84 Å². The molecule has 1 rings (SSSR count). The van der Waals surface area contributed by atoms with Crippen molar-refractivity contribution < 1.29 is 24.5 Å². The Bertz CT molecular complexity index is 310. The van der Waals surface area contributed by atoms with Crippen molar-refractivity contribution in [2.45, 2.75) is 12.5 Å². The highest BCUT2D eigenvalue weighted by atomic mass is 16.5. The zero-order valence-electron chi connectivity index (χ0n) is 10.7. The molecule has 0 aromatic heterocycles. The van der Waals surface area contributed by atoms with Crippen molar-refractivity contribution in [3.05, 3.63) is 0 Å². The molecule has 0 saturated carbocycles. The third kappa shape index (κ3) is 3.85. The molecule has 1 aliphatic heterocycles. The number of urea groups is 1. The van der Waals surface area contributed by atoms with Crippen molar-refractivity contribution in [2.24, 2.45) is 5.92 Å². The molecular weight excluding hydrogens is 240 g/mol. The van der Waals surface area contributed by atoms with E-state index >= 15 is 0 Å². The number of amides is 2. The number of hydrogen-bond donors (Lipinski definition) is 2. The van der Waals surface area contributed by atoms with Crippen LogP contribution in [0.5, 0.6) is 0 Å². The van der Waals surface area contributed by atoms with Crippen LogP contribution >= 0.6 is 0 Å². The molecule has 0 aromatic carbocycles. The second kappa shape index (κ2) is 6.55. The molecule has 2 atom stereocenters. The van der Waals surface area contributed by atoms with Gasteiger partial charge < -0.3 is 24.7 Å². The lowest BCUT2D eigenvalue weighted by molar-refractivity contribution is -0.141. The average molecular weight is 260 g/mol. The Kier molecular flexibility index (Phi) is 5.36. The summed E-state index contributed by atoms with van der Waals surface area (Å²) < 4.78 is 4.78. The molecule has 7 heteroatoms. The normalized spacial score (nSPS) is 20.8. The van der Waals surface area contributed by atoms with Gasteiger partial charge in [-0.05, 0) is 6.42 Å². The van der Waals surface area contributed by atoms with E-state index in [-0.39, 0.29) is 25.7 Å². The molecule has 1 saturated heterocycles. The molecule has 0 radical (unpaired) electrons. The van der Waals surface area contributed by atoms with E-state index in [2.05, 4.69) is 0 Å². The van der Waals surface area contributed by atoms with Crippen LogP contribution in [0.2, 0.25) is 0 Å². The number of likely N-dealkylation sites (tertiary alicyclic amines) is 1. The Morgan fingerprint density at radius 2 is 2.22 bits per heavy atom. The number of carbonyl (C=O) groups excluding carboxylic acids is 1. The van der Waals surface area contributed by atoms with Crippen molar-refractivity contribution >= 4 is 12.0 Å². The second-order valence-electron chi connectivity index (χ2n) is 4.54. The fraction of sp³-hybridized carbons (Fsp3) is 0.818. The molecule has 2 N–H and O–H groups in total. The van der Waals surface area contributed by atoms with Gasteiger partial charge in [-0.1, -0.05) is 0 Å². The predicted molar refractivity (Wildman–Crippen MR) is 63.2 cm³/mol. The molecule has 0 aliphatic carbocycles. The lowest BCUT2D eigenvalue weighted by Crippen LogP contribution is -2.44. The summed E-state index contributed by atoms with van der Waals surface area (Å²) in [6.45, 7) is 1.01. The molecule has 2 unspecified atom stereocenters. The van der Waals surface area contributed by atoms with Gasteiger partial charge in [-0.15, -0.1) is 0 Å². The third-order valence-electron chi connectivity index (χ3n) is 2.98. The molecule has 104 valence electrons. The van der Waals surface area contributed by atoms with Gasteiger partial charge in [-0.3, -0.25) is 4.79 Å². The van der Waals surface area contributed by atoms with Gasteiger partial charge in [0.1, 0.15) is 0 Å². The van der Waals surface area contributed by atoms with Crippen molar-refractivity contribution in [3.63, 3.8) is 0 Å². The number of hydrogen-bond acceptors (Lipinski definition) is 4. The molecule has 1 aliphatic rings. The third-order valence-corrected chi connectivity index (χ3v) is 2.98. The van der Waals surface area contributed by atoms with E-state index in [1.165, 1.54) is 16.9 Å². The first-order valence-electron chi connectivity index (χ1n) is 5.85. The summed E-state index contributed by atoms with van der Waals surface area (Å²) >= 11 is 0. The first kappa shape index (κ1) is 14.7. The Morgan fingerprint density at radius 1 is 1.56 bits per heavy atom. The Labute approximate surface area is 106 Å². The summed E-state index contributed by atoms with van der Waals surface area (Å²) in [5, 5.41) is 18.4. The highest BCUT2D eigenvalue weighted by Gasteiger charge is 2.32. The van der Waals surface area contributed by atoms with Crippen molar-refractivity contribution in [2.75, 3.05) is 40.4 Å². The van der Waals surface area contributed by atoms with Crippen molar-refractivity contribution in [1.82, 2.24) is 9.80 Å². The Balaban J connectivity index is 2.42. The number of rotatable bonds is 5. The van der Waals surface area contributed by atoms with Crippen molar-refractivity contribution in [1.29, 1.82) is 0 Å². The summed E-state index contributed by atoms with van der Waals surface area (Å²) in [6, 6.07) is -0.256. The Hall–Kier alpha value is -1.34. The zero-order chi connectivity index (χ0) is 13.7. The highest BCUT2D eigenvalue weighted by molar-refractivity contribution is 5.77. The summed E-state index contributed by atoms with van der Waals surface area (Å²) in [5.74, 6) is -1.35. The quantitative estimate of drug-likeness (QED) is 0.692. The number of nitrogens with zero attached hydrogens (tertiary/aromatic N) is 2. The first-order chi connectivity index (χ1) is 8.45. The van der Waals surface area contributed by atoms with Gasteiger partial charge in [-0.2, -0.15) is 0 Å². The number of likely N-dealkylation sites (N-methyl/N-ethyl adjacent to an activating group) is 1. The van der Waals surface area contributed by atoms with Crippen LogP contribution in [-0.2, 0) is 9.53 Å². The average Bonchev–Trinajstić information content (AvgIpc) is 2.77. The first-order valence-corrected chi connectivity index (χ1v) is 5.85. The van der Waals surface area contributed by atoms with Gasteiger partial charge in [0.25, 0.3) is 0 Å². The van der Waals surface area contributed by atoms with Gasteiger partial charge in [0, 0.05) is 27.2 Å². The van der Waals surface area contributed by atoms with Crippen LogP contribution in [-0.4, -0.2) is 78.5 Å². The molecule has 0 bridgehead atoms. The van der Waals surface area contributed by atoms with Crippen LogP contribution in [0.25, 0.3) is 0 Å². The summed E-state index contributed by atoms with van der Waals surface area (Å²) in [6.07, 6.45) is -0.253. The highest BCUT2D eigenvalue weighted by Crippen LogP contribution is 2.17. The van der Waals surface area contributed by atoms with Gasteiger partial charge in [-0.25, -0.2) is 4.79 Å². The predicted octanol–water partition coefficient (Wildman–Crippen LogP) is -0.548. The van der Waals surface area contributed by atoms with Gasteiger partial charge in [0.2, 0.25) is 0 Å². The number of methoxy groups -OCH3 is 1. The van der Waals surface area contributed by atoms with E-state index < -0.39 is 18.0 Å². The van der Waals surface area contributed by atoms with Crippen LogP contribution in [0.15, 0.2) is 0 Å². The van der Waals surface area contributed by atoms with E-state index in [1.807, 2.05) is 0 Å². The number of carboxylic acid groups (broad SMARTS) is 1. The molecule has 18 heavy (non-hydrogen) atoms. The number of carboxylic acids is 1.